The van der Waals surface area contributed by atoms with Crippen LogP contribution >= 0.6 is 0 Å². The van der Waals surface area contributed by atoms with E-state index in [1.807, 2.05) is 55.5 Å². The lowest BCUT2D eigenvalue weighted by molar-refractivity contribution is -0.123. The summed E-state index contributed by atoms with van der Waals surface area (Å²) in [5.74, 6) is 0.943. The van der Waals surface area contributed by atoms with E-state index in [0.717, 1.165) is 53.8 Å². The number of nitrogens with zero attached hydrogens (tertiary/aromatic N) is 2. The molecule has 1 aromatic heterocycles. The van der Waals surface area contributed by atoms with Crippen molar-refractivity contribution in [3.05, 3.63) is 102 Å². The summed E-state index contributed by atoms with van der Waals surface area (Å²) < 4.78 is 5.31. The van der Waals surface area contributed by atoms with Crippen LogP contribution in [-0.2, 0) is 22.6 Å². The van der Waals surface area contributed by atoms with Crippen LogP contribution in [0.3, 0.4) is 0 Å². The third-order valence-corrected chi connectivity index (χ3v) is 7.87. The zero-order valence-corrected chi connectivity index (χ0v) is 27.0. The number of H-pyrrole nitrogens is 1. The minimum absolute atomic E-state index is 0.185. The second-order valence-corrected chi connectivity index (χ2v) is 12.0. The molecular weight excluding hydrogens is 564 g/mol. The van der Waals surface area contributed by atoms with Gasteiger partial charge in [0.1, 0.15) is 11.9 Å². The first-order valence-electron chi connectivity index (χ1n) is 15.9. The third-order valence-electron chi connectivity index (χ3n) is 7.87. The average Bonchev–Trinajstić information content (AvgIpc) is 3.56. The van der Waals surface area contributed by atoms with Crippen LogP contribution in [0.4, 0.5) is 0 Å². The third kappa shape index (κ3) is 10.5. The molecule has 4 aromatic rings. The van der Waals surface area contributed by atoms with Gasteiger partial charge in [-0.15, -0.1) is 0 Å². The smallest absolute Gasteiger partial charge is 0.251 e. The standard InChI is InChI=1S/C36H48N6O3/c1-26(2)25-42(21-22-45-4)20-8-13-33(36(44)40-27(3)31-12-7-10-29-9-5-6-11-32(29)31)41-35(43)30-16-14-28(15-17-30)23-37-24-34-38-18-19-39-34/h5-7,9-12,14-19,26-27,33,37H,8,13,20-25H2,1-4H3,(H,38,39)(H,40,44)(H,41,43)/t27?,33-/m0/s1. The Morgan fingerprint density at radius 3 is 2.44 bits per heavy atom. The highest BCUT2D eigenvalue weighted by molar-refractivity contribution is 5.97. The van der Waals surface area contributed by atoms with E-state index in [1.165, 1.54) is 0 Å². The summed E-state index contributed by atoms with van der Waals surface area (Å²) in [7, 11) is 1.71. The predicted molar refractivity (Wildman–Crippen MR) is 180 cm³/mol. The predicted octanol–water partition coefficient (Wildman–Crippen LogP) is 5.21. The SMILES string of the molecule is COCCN(CCC[C@H](NC(=O)c1ccc(CNCc2ncc[nH]2)cc1)C(=O)NC(C)c1cccc2ccccc12)CC(C)C. The number of fused-ring (bicyclic) bond motifs is 1. The number of aromatic nitrogens is 2. The van der Waals surface area contributed by atoms with Crippen LogP contribution in [0, 0.1) is 5.92 Å². The number of nitrogens with one attached hydrogen (secondary N) is 4. The zero-order chi connectivity index (χ0) is 32.0. The number of benzene rings is 3. The quantitative estimate of drug-likeness (QED) is 0.123. The number of rotatable bonds is 18. The number of ether oxygens (including phenoxy) is 1. The highest BCUT2D eigenvalue weighted by Gasteiger charge is 2.24. The normalized spacial score (nSPS) is 12.8. The van der Waals surface area contributed by atoms with Crippen molar-refractivity contribution in [3.63, 3.8) is 0 Å². The average molecular weight is 613 g/mol. The zero-order valence-electron chi connectivity index (χ0n) is 27.0. The Morgan fingerprint density at radius 2 is 1.71 bits per heavy atom. The van der Waals surface area contributed by atoms with Gasteiger partial charge in [-0.1, -0.05) is 68.4 Å². The molecule has 45 heavy (non-hydrogen) atoms. The van der Waals surface area contributed by atoms with E-state index in [1.54, 1.807) is 19.5 Å². The first-order chi connectivity index (χ1) is 21.8. The van der Waals surface area contributed by atoms with Gasteiger partial charge in [-0.3, -0.25) is 9.59 Å². The first-order valence-corrected chi connectivity index (χ1v) is 15.9. The molecule has 0 saturated carbocycles. The number of methoxy groups -OCH3 is 1. The second kappa shape index (κ2) is 17.4. The van der Waals surface area contributed by atoms with Crippen LogP contribution in [0.1, 0.15) is 67.0 Å². The van der Waals surface area contributed by atoms with Gasteiger partial charge < -0.3 is 30.6 Å². The molecule has 9 nitrogen and oxygen atoms in total. The minimum Gasteiger partial charge on any atom is -0.383 e. The highest BCUT2D eigenvalue weighted by Crippen LogP contribution is 2.24. The number of hydrogen-bond acceptors (Lipinski definition) is 6. The maximum atomic E-state index is 13.7. The van der Waals surface area contributed by atoms with Crippen molar-refractivity contribution in [2.45, 2.75) is 58.8 Å². The Labute approximate surface area is 267 Å². The van der Waals surface area contributed by atoms with Crippen LogP contribution in [-0.4, -0.2) is 66.1 Å². The molecule has 0 saturated heterocycles. The molecule has 0 fully saturated rings. The lowest BCUT2D eigenvalue weighted by Gasteiger charge is -2.26. The maximum Gasteiger partial charge on any atom is 0.251 e. The number of carbonyl (C=O) groups is 2. The Kier molecular flexibility index (Phi) is 13.1. The maximum absolute atomic E-state index is 13.7. The van der Waals surface area contributed by atoms with Gasteiger partial charge in [0.15, 0.2) is 0 Å². The van der Waals surface area contributed by atoms with Crippen LogP contribution < -0.4 is 16.0 Å². The molecule has 0 bridgehead atoms. The molecule has 0 radical (unpaired) electrons. The molecule has 4 rings (SSSR count). The van der Waals surface area contributed by atoms with Gasteiger partial charge in [0, 0.05) is 44.7 Å². The fraction of sp³-hybridized carbons (Fsp3) is 0.417. The van der Waals surface area contributed by atoms with Gasteiger partial charge in [0.2, 0.25) is 5.91 Å². The molecule has 1 unspecified atom stereocenters. The van der Waals surface area contributed by atoms with Crippen molar-refractivity contribution in [1.29, 1.82) is 0 Å². The Balaban J connectivity index is 1.42. The van der Waals surface area contributed by atoms with Gasteiger partial charge in [-0.05, 0) is 66.3 Å². The van der Waals surface area contributed by atoms with E-state index < -0.39 is 6.04 Å². The van der Waals surface area contributed by atoms with E-state index in [9.17, 15) is 9.59 Å². The van der Waals surface area contributed by atoms with Gasteiger partial charge in [0.05, 0.1) is 19.2 Å². The van der Waals surface area contributed by atoms with E-state index in [-0.39, 0.29) is 17.9 Å². The van der Waals surface area contributed by atoms with Crippen molar-refractivity contribution in [3.8, 4) is 0 Å². The Bertz CT molecular complexity index is 1470. The van der Waals surface area contributed by atoms with Gasteiger partial charge in [-0.25, -0.2) is 4.98 Å². The van der Waals surface area contributed by atoms with Crippen LogP contribution in [0.15, 0.2) is 79.1 Å². The molecule has 0 aliphatic heterocycles. The first kappa shape index (κ1) is 33.8. The van der Waals surface area contributed by atoms with Crippen molar-refractivity contribution in [2.75, 3.05) is 33.4 Å². The molecule has 0 spiro atoms. The summed E-state index contributed by atoms with van der Waals surface area (Å²) in [5, 5.41) is 11.8. The summed E-state index contributed by atoms with van der Waals surface area (Å²) >= 11 is 0. The van der Waals surface area contributed by atoms with Crippen LogP contribution in [0.5, 0.6) is 0 Å². The number of aromatic amines is 1. The lowest BCUT2D eigenvalue weighted by Crippen LogP contribution is -2.47. The molecule has 0 aliphatic rings. The number of hydrogen-bond donors (Lipinski definition) is 4. The topological polar surface area (TPSA) is 111 Å². The summed E-state index contributed by atoms with van der Waals surface area (Å²) in [5.41, 5.74) is 2.62. The summed E-state index contributed by atoms with van der Waals surface area (Å²) in [6.45, 7) is 10.9. The van der Waals surface area contributed by atoms with E-state index in [4.69, 9.17) is 4.74 Å². The monoisotopic (exact) mass is 612 g/mol. The fourth-order valence-electron chi connectivity index (χ4n) is 5.57. The molecular formula is C36H48N6O3. The van der Waals surface area contributed by atoms with Crippen LogP contribution in [0.2, 0.25) is 0 Å². The van der Waals surface area contributed by atoms with Crippen LogP contribution in [0.25, 0.3) is 10.8 Å². The Morgan fingerprint density at radius 1 is 0.933 bits per heavy atom. The fourth-order valence-corrected chi connectivity index (χ4v) is 5.57. The summed E-state index contributed by atoms with van der Waals surface area (Å²) in [6.07, 6.45) is 4.81. The van der Waals surface area contributed by atoms with Crippen molar-refractivity contribution < 1.29 is 14.3 Å². The Hall–Kier alpha value is -4.05. The highest BCUT2D eigenvalue weighted by atomic mass is 16.5. The molecule has 9 heteroatoms. The van der Waals surface area contributed by atoms with E-state index in [2.05, 4.69) is 62.9 Å². The summed E-state index contributed by atoms with van der Waals surface area (Å²) in [6, 6.07) is 20.9. The molecule has 0 aliphatic carbocycles. The molecule has 3 aromatic carbocycles. The van der Waals surface area contributed by atoms with Crippen molar-refractivity contribution in [1.82, 2.24) is 30.8 Å². The molecule has 2 atom stereocenters. The largest absolute Gasteiger partial charge is 0.383 e. The van der Waals surface area contributed by atoms with Crippen molar-refractivity contribution in [2.24, 2.45) is 5.92 Å². The second-order valence-electron chi connectivity index (χ2n) is 12.0. The summed E-state index contributed by atoms with van der Waals surface area (Å²) in [4.78, 5) is 36.8. The van der Waals surface area contributed by atoms with Gasteiger partial charge in [-0.2, -0.15) is 0 Å². The number of imidazole rings is 1. The minimum atomic E-state index is -0.673. The molecule has 240 valence electrons. The van der Waals surface area contributed by atoms with E-state index in [0.29, 0.717) is 37.6 Å². The van der Waals surface area contributed by atoms with Crippen molar-refractivity contribution >= 4 is 22.6 Å². The lowest BCUT2D eigenvalue weighted by atomic mass is 9.99. The van der Waals surface area contributed by atoms with Gasteiger partial charge >= 0.3 is 0 Å². The van der Waals surface area contributed by atoms with E-state index >= 15 is 0 Å². The van der Waals surface area contributed by atoms with Gasteiger partial charge in [0.25, 0.3) is 5.91 Å². The number of carbonyl (C=O) groups excluding carboxylic acids is 2. The molecule has 1 heterocycles. The molecule has 2 amide bonds. The number of amides is 2. The molecule has 4 N–H and O–H groups in total.